The summed E-state index contributed by atoms with van der Waals surface area (Å²) in [6.07, 6.45) is 0. The summed E-state index contributed by atoms with van der Waals surface area (Å²) in [5.74, 6) is 0.574. The maximum atomic E-state index is 5.90. The zero-order chi connectivity index (χ0) is 13.2. The first-order valence-electron chi connectivity index (χ1n) is 5.76. The second-order valence-corrected chi connectivity index (χ2v) is 4.40. The zero-order valence-electron chi connectivity index (χ0n) is 10.0. The number of pyridine rings is 1. The van der Waals surface area contributed by atoms with Crippen molar-refractivity contribution in [3.05, 3.63) is 71.2 Å². The number of hydrogen-bond donors (Lipinski definition) is 1. The van der Waals surface area contributed by atoms with Gasteiger partial charge in [0.25, 0.3) is 0 Å². The van der Waals surface area contributed by atoms with E-state index in [-0.39, 0.29) is 0 Å². The second kappa shape index (κ2) is 4.73. The lowest BCUT2D eigenvalue weighted by molar-refractivity contribution is 1.24. The molecule has 0 aliphatic carbocycles. The summed E-state index contributed by atoms with van der Waals surface area (Å²) in [6.45, 7) is 3.70. The monoisotopic (exact) mass is 267 g/mol. The first-order chi connectivity index (χ1) is 9.28. The van der Waals surface area contributed by atoms with Crippen LogP contribution in [0.1, 0.15) is 5.56 Å². The first-order valence-corrected chi connectivity index (χ1v) is 6.14. The van der Waals surface area contributed by atoms with Gasteiger partial charge in [-0.15, -0.1) is 5.73 Å². The van der Waals surface area contributed by atoms with E-state index in [2.05, 4.69) is 27.6 Å². The van der Waals surface area contributed by atoms with Gasteiger partial charge in [-0.05, 0) is 12.1 Å². The van der Waals surface area contributed by atoms with Crippen molar-refractivity contribution >= 4 is 28.8 Å². The van der Waals surface area contributed by atoms with Crippen molar-refractivity contribution in [2.75, 3.05) is 5.32 Å². The molecule has 3 rings (SSSR count). The van der Waals surface area contributed by atoms with Crippen LogP contribution in [0.4, 0.5) is 11.5 Å². The zero-order valence-corrected chi connectivity index (χ0v) is 10.8. The summed E-state index contributed by atoms with van der Waals surface area (Å²) in [4.78, 5) is 8.76. The van der Waals surface area contributed by atoms with Crippen LogP contribution in [0.15, 0.2) is 65.5 Å². The fourth-order valence-corrected chi connectivity index (χ4v) is 2.04. The largest absolute Gasteiger partial charge is 0.344 e. The molecule has 0 bridgehead atoms. The Morgan fingerprint density at radius 1 is 1.11 bits per heavy atom. The Morgan fingerprint density at radius 2 is 1.89 bits per heavy atom. The van der Waals surface area contributed by atoms with Crippen LogP contribution in [0.25, 0.3) is 0 Å². The van der Waals surface area contributed by atoms with Gasteiger partial charge in [-0.1, -0.05) is 48.5 Å². The molecule has 2 aromatic rings. The predicted molar refractivity (Wildman–Crippen MR) is 78.2 cm³/mol. The Kier molecular flexibility index (Phi) is 2.92. The van der Waals surface area contributed by atoms with E-state index in [1.54, 1.807) is 6.07 Å². The molecule has 1 aromatic carbocycles. The van der Waals surface area contributed by atoms with E-state index in [1.807, 2.05) is 36.4 Å². The van der Waals surface area contributed by atoms with Crippen LogP contribution in [0.5, 0.6) is 0 Å². The highest BCUT2D eigenvalue weighted by molar-refractivity contribution is 6.29. The summed E-state index contributed by atoms with van der Waals surface area (Å²) in [5, 5.41) is 3.63. The lowest BCUT2D eigenvalue weighted by Gasteiger charge is -2.18. The van der Waals surface area contributed by atoms with Crippen LogP contribution in [0.3, 0.4) is 0 Å². The van der Waals surface area contributed by atoms with Crippen molar-refractivity contribution in [1.29, 1.82) is 0 Å². The van der Waals surface area contributed by atoms with E-state index in [1.165, 1.54) is 0 Å². The molecule has 0 saturated carbocycles. The fourth-order valence-electron chi connectivity index (χ4n) is 1.90. The number of nitrogens with zero attached hydrogens (tertiary/aromatic N) is 2. The third-order valence-corrected chi connectivity index (χ3v) is 2.99. The molecular weight excluding hydrogens is 258 g/mol. The molecule has 1 aliphatic heterocycles. The number of benzene rings is 1. The standard InChI is InChI=1S/C15H10ClN3/c1-2-11-14(10-6-4-3-5-7-10)19-15-12(17-11)8-9-13(16)18-15/h3-9,17H,1H2. The lowest BCUT2D eigenvalue weighted by atomic mass is 10.1. The summed E-state index contributed by atoms with van der Waals surface area (Å²) < 4.78 is 0. The second-order valence-electron chi connectivity index (χ2n) is 4.01. The molecule has 1 N–H and O–H groups in total. The van der Waals surface area contributed by atoms with Gasteiger partial charge in [-0.25, -0.2) is 9.98 Å². The molecule has 0 fully saturated rings. The Hall–Kier alpha value is -2.35. The molecule has 4 heteroatoms. The number of nitrogens with one attached hydrogen (secondary N) is 1. The van der Waals surface area contributed by atoms with Gasteiger partial charge in [0.05, 0.1) is 5.69 Å². The molecule has 0 atom stereocenters. The molecule has 92 valence electrons. The molecule has 0 amide bonds. The summed E-state index contributed by atoms with van der Waals surface area (Å²) in [7, 11) is 0. The minimum atomic E-state index is 0.419. The van der Waals surface area contributed by atoms with E-state index in [4.69, 9.17) is 11.6 Å². The van der Waals surface area contributed by atoms with Gasteiger partial charge in [0, 0.05) is 5.56 Å². The number of allylic oxidation sites excluding steroid dienone is 1. The van der Waals surface area contributed by atoms with E-state index >= 15 is 0 Å². The maximum Gasteiger partial charge on any atom is 0.178 e. The van der Waals surface area contributed by atoms with Crippen molar-refractivity contribution in [3.8, 4) is 0 Å². The molecule has 19 heavy (non-hydrogen) atoms. The van der Waals surface area contributed by atoms with Gasteiger partial charge in [0.2, 0.25) is 0 Å². The van der Waals surface area contributed by atoms with Gasteiger partial charge < -0.3 is 5.32 Å². The number of aliphatic imine (C=N–C) groups is 1. The van der Waals surface area contributed by atoms with E-state index in [9.17, 15) is 0 Å². The Labute approximate surface area is 116 Å². The van der Waals surface area contributed by atoms with Crippen LogP contribution in [-0.4, -0.2) is 10.7 Å². The van der Waals surface area contributed by atoms with Crippen molar-refractivity contribution in [3.63, 3.8) is 0 Å². The van der Waals surface area contributed by atoms with Crippen molar-refractivity contribution < 1.29 is 0 Å². The van der Waals surface area contributed by atoms with Gasteiger partial charge in [-0.2, -0.15) is 0 Å². The predicted octanol–water partition coefficient (Wildman–Crippen LogP) is 3.95. The van der Waals surface area contributed by atoms with Gasteiger partial charge in [0.15, 0.2) is 5.82 Å². The topological polar surface area (TPSA) is 37.3 Å². The summed E-state index contributed by atoms with van der Waals surface area (Å²) in [6, 6.07) is 13.4. The molecule has 0 radical (unpaired) electrons. The normalized spacial score (nSPS) is 13.1. The van der Waals surface area contributed by atoms with Gasteiger partial charge in [0.1, 0.15) is 16.6 Å². The van der Waals surface area contributed by atoms with E-state index in [0.717, 1.165) is 22.7 Å². The van der Waals surface area contributed by atoms with Crippen LogP contribution >= 0.6 is 11.6 Å². The smallest absolute Gasteiger partial charge is 0.178 e. The third kappa shape index (κ3) is 2.17. The molecular formula is C15H10ClN3. The lowest BCUT2D eigenvalue weighted by Crippen LogP contribution is -2.16. The van der Waals surface area contributed by atoms with Crippen LogP contribution < -0.4 is 5.32 Å². The van der Waals surface area contributed by atoms with E-state index < -0.39 is 0 Å². The van der Waals surface area contributed by atoms with Crippen molar-refractivity contribution in [2.45, 2.75) is 0 Å². The molecule has 2 heterocycles. The Balaban J connectivity index is 2.19. The minimum Gasteiger partial charge on any atom is -0.344 e. The number of fused-ring (bicyclic) bond motifs is 1. The van der Waals surface area contributed by atoms with Crippen molar-refractivity contribution in [1.82, 2.24) is 4.98 Å². The van der Waals surface area contributed by atoms with Crippen LogP contribution in [0.2, 0.25) is 5.15 Å². The number of hydrogen-bond acceptors (Lipinski definition) is 3. The number of halogens is 1. The average molecular weight is 268 g/mol. The Morgan fingerprint density at radius 3 is 2.63 bits per heavy atom. The van der Waals surface area contributed by atoms with Gasteiger partial charge >= 0.3 is 0 Å². The summed E-state index contributed by atoms with van der Waals surface area (Å²) in [5.41, 5.74) is 6.15. The van der Waals surface area contributed by atoms with Crippen LogP contribution in [0, 0.1) is 0 Å². The van der Waals surface area contributed by atoms with Crippen molar-refractivity contribution in [2.24, 2.45) is 4.99 Å². The highest BCUT2D eigenvalue weighted by Crippen LogP contribution is 2.31. The molecule has 1 aliphatic rings. The number of rotatable bonds is 1. The maximum absolute atomic E-state index is 5.90. The molecule has 0 saturated heterocycles. The van der Waals surface area contributed by atoms with Crippen LogP contribution in [-0.2, 0) is 0 Å². The summed E-state index contributed by atoms with van der Waals surface area (Å²) >= 11 is 5.90. The Bertz CT molecular complexity index is 713. The van der Waals surface area contributed by atoms with E-state index in [0.29, 0.717) is 11.0 Å². The average Bonchev–Trinajstić information content (AvgIpc) is 2.46. The quantitative estimate of drug-likeness (QED) is 0.627. The third-order valence-electron chi connectivity index (χ3n) is 2.78. The highest BCUT2D eigenvalue weighted by atomic mass is 35.5. The minimum absolute atomic E-state index is 0.419. The number of anilines is 1. The highest BCUT2D eigenvalue weighted by Gasteiger charge is 2.18. The SMILES string of the molecule is C=C=C1Nc2ccc(Cl)nc2N=C1c1ccccc1. The van der Waals surface area contributed by atoms with Gasteiger partial charge in [-0.3, -0.25) is 0 Å². The molecule has 3 nitrogen and oxygen atoms in total. The molecule has 0 unspecified atom stereocenters. The molecule has 1 aromatic heterocycles. The first kappa shape index (κ1) is 11.7. The number of aromatic nitrogens is 1. The fraction of sp³-hybridized carbons (Fsp3) is 0. The molecule has 0 spiro atoms.